The van der Waals surface area contributed by atoms with Gasteiger partial charge in [0.05, 0.1) is 12.1 Å². The summed E-state index contributed by atoms with van der Waals surface area (Å²) in [7, 11) is 1.67. The lowest BCUT2D eigenvalue weighted by molar-refractivity contribution is -0.116. The lowest BCUT2D eigenvalue weighted by Gasteiger charge is -2.26. The number of fused-ring (bicyclic) bond motifs is 1. The fourth-order valence-corrected chi connectivity index (χ4v) is 2.85. The molecule has 3 amide bonds. The van der Waals surface area contributed by atoms with E-state index in [1.54, 1.807) is 7.11 Å². The topological polar surface area (TPSA) is 75.6 Å². The normalized spacial score (nSPS) is 14.7. The number of methoxy groups -OCH3 is 1. The summed E-state index contributed by atoms with van der Waals surface area (Å²) in [4.78, 5) is 25.4. The summed E-state index contributed by atoms with van der Waals surface area (Å²) in [5.74, 6) is -0.193. The van der Waals surface area contributed by atoms with E-state index in [1.165, 1.54) is 4.90 Å². The number of benzene rings is 1. The molecule has 0 atom stereocenters. The number of anilines is 1. The third kappa shape index (κ3) is 3.68. The zero-order valence-corrected chi connectivity index (χ0v) is 13.7. The highest BCUT2D eigenvalue weighted by Gasteiger charge is 2.20. The van der Waals surface area contributed by atoms with Crippen molar-refractivity contribution >= 4 is 28.5 Å². The first kappa shape index (κ1) is 16.3. The van der Waals surface area contributed by atoms with Crippen molar-refractivity contribution in [2.45, 2.75) is 13.0 Å². The van der Waals surface area contributed by atoms with E-state index in [0.717, 1.165) is 29.6 Å². The van der Waals surface area contributed by atoms with Gasteiger partial charge in [0.1, 0.15) is 6.54 Å². The van der Waals surface area contributed by atoms with Crippen molar-refractivity contribution in [3.63, 3.8) is 0 Å². The first-order valence-corrected chi connectivity index (χ1v) is 8.08. The van der Waals surface area contributed by atoms with Crippen molar-refractivity contribution in [3.05, 3.63) is 30.5 Å². The van der Waals surface area contributed by atoms with Crippen molar-refractivity contribution in [2.75, 3.05) is 38.7 Å². The number of urea groups is 1. The molecule has 0 aliphatic carbocycles. The molecule has 2 N–H and O–H groups in total. The van der Waals surface area contributed by atoms with Crippen LogP contribution in [-0.2, 0) is 16.1 Å². The van der Waals surface area contributed by atoms with Gasteiger partial charge in [-0.1, -0.05) is 6.07 Å². The number of carbonyl (C=O) groups is 2. The Morgan fingerprint density at radius 3 is 3.04 bits per heavy atom. The fraction of sp³-hybridized carbons (Fsp3) is 0.412. The average Bonchev–Trinajstić information content (AvgIpc) is 2.97. The molecule has 2 heterocycles. The van der Waals surface area contributed by atoms with E-state index in [-0.39, 0.29) is 18.5 Å². The van der Waals surface area contributed by atoms with Gasteiger partial charge in [-0.2, -0.15) is 0 Å². The van der Waals surface area contributed by atoms with Gasteiger partial charge < -0.3 is 24.8 Å². The van der Waals surface area contributed by atoms with Crippen LogP contribution in [0.15, 0.2) is 30.5 Å². The average molecular weight is 330 g/mol. The van der Waals surface area contributed by atoms with Gasteiger partial charge in [0.2, 0.25) is 5.91 Å². The number of nitrogens with one attached hydrogen (secondary N) is 2. The molecule has 7 nitrogen and oxygen atoms in total. The second-order valence-electron chi connectivity index (χ2n) is 5.83. The molecule has 1 aliphatic heterocycles. The third-order valence-electron chi connectivity index (χ3n) is 4.10. The van der Waals surface area contributed by atoms with Gasteiger partial charge in [0.15, 0.2) is 0 Å². The Hall–Kier alpha value is -2.54. The second kappa shape index (κ2) is 7.35. The number of hydrogen-bond acceptors (Lipinski definition) is 3. The van der Waals surface area contributed by atoms with Gasteiger partial charge in [-0.05, 0) is 30.0 Å². The molecule has 2 aromatic rings. The number of nitrogens with zero attached hydrogens (tertiary/aromatic N) is 2. The number of rotatable bonds is 6. The molecule has 1 aromatic heterocycles. The van der Waals surface area contributed by atoms with Crippen molar-refractivity contribution in [1.82, 2.24) is 14.8 Å². The largest absolute Gasteiger partial charge is 0.383 e. The molecule has 1 aromatic carbocycles. The van der Waals surface area contributed by atoms with Crippen LogP contribution in [0, 0.1) is 0 Å². The van der Waals surface area contributed by atoms with Gasteiger partial charge >= 0.3 is 6.03 Å². The molecular weight excluding hydrogens is 308 g/mol. The number of carbonyl (C=O) groups excluding carboxylic acids is 2. The van der Waals surface area contributed by atoms with Crippen LogP contribution in [0.1, 0.15) is 6.42 Å². The number of aromatic nitrogens is 1. The summed E-state index contributed by atoms with van der Waals surface area (Å²) < 4.78 is 7.21. The van der Waals surface area contributed by atoms with E-state index in [2.05, 4.69) is 15.2 Å². The highest BCUT2D eigenvalue weighted by atomic mass is 16.5. The molecule has 0 spiro atoms. The molecule has 1 saturated heterocycles. The molecule has 7 heteroatoms. The maximum atomic E-state index is 12.2. The van der Waals surface area contributed by atoms with Crippen molar-refractivity contribution < 1.29 is 14.3 Å². The molecule has 3 rings (SSSR count). The van der Waals surface area contributed by atoms with Crippen LogP contribution in [0.2, 0.25) is 0 Å². The van der Waals surface area contributed by atoms with Crippen LogP contribution in [0.4, 0.5) is 10.5 Å². The lowest BCUT2D eigenvalue weighted by atomic mass is 10.2. The van der Waals surface area contributed by atoms with Gasteiger partial charge in [-0.15, -0.1) is 0 Å². The summed E-state index contributed by atoms with van der Waals surface area (Å²) >= 11 is 0. The van der Waals surface area contributed by atoms with Crippen LogP contribution >= 0.6 is 0 Å². The molecule has 24 heavy (non-hydrogen) atoms. The molecular formula is C17H22N4O3. The Balaban J connectivity index is 1.67. The predicted octanol–water partition coefficient (Wildman–Crippen LogP) is 1.64. The summed E-state index contributed by atoms with van der Waals surface area (Å²) in [6.45, 7) is 2.73. The standard InChI is InChI=1S/C17H22N4O3/c1-24-10-9-20-8-5-13-3-4-14(11-15(13)20)19-16(22)12-21-7-2-6-18-17(21)23/h3-5,8,11H,2,6-7,9-10,12H2,1H3,(H,18,23)(H,19,22). The second-order valence-corrected chi connectivity index (χ2v) is 5.83. The first-order valence-electron chi connectivity index (χ1n) is 8.08. The Bertz CT molecular complexity index is 741. The van der Waals surface area contributed by atoms with Crippen LogP contribution in [0.3, 0.4) is 0 Å². The Morgan fingerprint density at radius 1 is 1.38 bits per heavy atom. The minimum Gasteiger partial charge on any atom is -0.383 e. The fourth-order valence-electron chi connectivity index (χ4n) is 2.85. The van der Waals surface area contributed by atoms with Crippen LogP contribution < -0.4 is 10.6 Å². The molecule has 0 unspecified atom stereocenters. The Morgan fingerprint density at radius 2 is 2.25 bits per heavy atom. The van der Waals surface area contributed by atoms with Crippen molar-refractivity contribution in [1.29, 1.82) is 0 Å². The SMILES string of the molecule is COCCn1ccc2ccc(NC(=O)CN3CCCNC3=O)cc21. The first-order chi connectivity index (χ1) is 11.7. The molecule has 1 fully saturated rings. The van der Waals surface area contributed by atoms with Gasteiger partial charge in [-0.25, -0.2) is 4.79 Å². The Kier molecular flexibility index (Phi) is 5.00. The van der Waals surface area contributed by atoms with E-state index < -0.39 is 0 Å². The minimum atomic E-state index is -0.193. The Labute approximate surface area is 140 Å². The minimum absolute atomic E-state index is 0.0640. The smallest absolute Gasteiger partial charge is 0.317 e. The summed E-state index contributed by atoms with van der Waals surface area (Å²) in [6.07, 6.45) is 2.87. The van der Waals surface area contributed by atoms with E-state index in [4.69, 9.17) is 4.74 Å². The van der Waals surface area contributed by atoms with Gasteiger partial charge in [0, 0.05) is 38.6 Å². The van der Waals surface area contributed by atoms with Gasteiger partial charge in [-0.3, -0.25) is 4.79 Å². The van der Waals surface area contributed by atoms with E-state index >= 15 is 0 Å². The zero-order chi connectivity index (χ0) is 16.9. The highest BCUT2D eigenvalue weighted by Crippen LogP contribution is 2.20. The molecule has 0 radical (unpaired) electrons. The van der Waals surface area contributed by atoms with Gasteiger partial charge in [0.25, 0.3) is 0 Å². The predicted molar refractivity (Wildman–Crippen MR) is 92.0 cm³/mol. The van der Waals surface area contributed by atoms with E-state index in [9.17, 15) is 9.59 Å². The monoisotopic (exact) mass is 330 g/mol. The van der Waals surface area contributed by atoms with Crippen LogP contribution in [-0.4, -0.2) is 54.8 Å². The van der Waals surface area contributed by atoms with E-state index in [1.807, 2.05) is 30.5 Å². The zero-order valence-electron chi connectivity index (χ0n) is 13.7. The summed E-state index contributed by atoms with van der Waals surface area (Å²) in [5.41, 5.74) is 1.77. The molecule has 128 valence electrons. The highest BCUT2D eigenvalue weighted by molar-refractivity contribution is 5.96. The third-order valence-corrected chi connectivity index (χ3v) is 4.10. The maximum Gasteiger partial charge on any atom is 0.317 e. The number of hydrogen-bond donors (Lipinski definition) is 2. The van der Waals surface area contributed by atoms with Crippen LogP contribution in [0.5, 0.6) is 0 Å². The summed E-state index contributed by atoms with van der Waals surface area (Å²) in [6, 6.07) is 7.65. The summed E-state index contributed by atoms with van der Waals surface area (Å²) in [5, 5.41) is 6.72. The van der Waals surface area contributed by atoms with Crippen molar-refractivity contribution in [2.24, 2.45) is 0 Å². The number of ether oxygens (including phenoxy) is 1. The maximum absolute atomic E-state index is 12.2. The van der Waals surface area contributed by atoms with E-state index in [0.29, 0.717) is 19.7 Å². The number of amides is 3. The quantitative estimate of drug-likeness (QED) is 0.845. The molecule has 0 bridgehead atoms. The molecule has 0 saturated carbocycles. The van der Waals surface area contributed by atoms with Crippen molar-refractivity contribution in [3.8, 4) is 0 Å². The lowest BCUT2D eigenvalue weighted by Crippen LogP contribution is -2.49. The van der Waals surface area contributed by atoms with Crippen LogP contribution in [0.25, 0.3) is 10.9 Å². The molecule has 1 aliphatic rings.